The Bertz CT molecular complexity index is 951. The lowest BCUT2D eigenvalue weighted by Gasteiger charge is -2.31. The van der Waals surface area contributed by atoms with Crippen molar-refractivity contribution in [3.8, 4) is 5.88 Å². The van der Waals surface area contributed by atoms with Crippen LogP contribution in [0.3, 0.4) is 0 Å². The lowest BCUT2D eigenvalue weighted by molar-refractivity contribution is -0.151. The zero-order chi connectivity index (χ0) is 21.5. The average Bonchev–Trinajstić information content (AvgIpc) is 3.04. The number of fused-ring (bicyclic) bond motifs is 1. The first kappa shape index (κ1) is 21.0. The zero-order valence-electron chi connectivity index (χ0n) is 17.9. The van der Waals surface area contributed by atoms with Gasteiger partial charge in [0.25, 0.3) is 0 Å². The Balaban J connectivity index is 1.88. The highest BCUT2D eigenvalue weighted by Crippen LogP contribution is 2.32. The highest BCUT2D eigenvalue weighted by Gasteiger charge is 2.44. The number of aliphatic carboxylic acids is 1. The number of rotatable bonds is 4. The van der Waals surface area contributed by atoms with Crippen molar-refractivity contribution in [3.63, 3.8) is 0 Å². The molecule has 1 N–H and O–H groups in total. The number of hydrogen-bond donors (Lipinski definition) is 1. The monoisotopic (exact) mass is 399 g/mol. The van der Waals surface area contributed by atoms with Gasteiger partial charge in [-0.1, -0.05) is 39.3 Å². The summed E-state index contributed by atoms with van der Waals surface area (Å²) in [5.41, 5.74) is 1.58. The third kappa shape index (κ3) is 4.33. The van der Waals surface area contributed by atoms with E-state index < -0.39 is 18.1 Å². The summed E-state index contributed by atoms with van der Waals surface area (Å²) < 4.78 is 6.14. The Kier molecular flexibility index (Phi) is 5.52. The van der Waals surface area contributed by atoms with Gasteiger partial charge in [-0.3, -0.25) is 4.79 Å². The minimum absolute atomic E-state index is 0.157. The molecule has 7 heteroatoms. The lowest BCUT2D eigenvalue weighted by Crippen LogP contribution is -2.45. The van der Waals surface area contributed by atoms with Crippen molar-refractivity contribution in [3.05, 3.63) is 29.6 Å². The molecule has 1 fully saturated rings. The maximum atomic E-state index is 13.0. The Morgan fingerprint density at radius 2 is 1.93 bits per heavy atom. The molecule has 1 aromatic carbocycles. The number of aromatic nitrogens is 2. The van der Waals surface area contributed by atoms with Gasteiger partial charge < -0.3 is 14.7 Å². The van der Waals surface area contributed by atoms with E-state index in [1.807, 2.05) is 52.8 Å². The molecule has 3 rings (SSSR count). The molecule has 2 heterocycles. The summed E-state index contributed by atoms with van der Waals surface area (Å²) in [4.78, 5) is 35.1. The highest BCUT2D eigenvalue weighted by atomic mass is 16.5. The number of carbonyl (C=O) groups excluding carboxylic acids is 1. The minimum Gasteiger partial charge on any atom is -0.480 e. The van der Waals surface area contributed by atoms with Crippen LogP contribution in [0.5, 0.6) is 5.88 Å². The second-order valence-electron chi connectivity index (χ2n) is 9.00. The predicted molar refractivity (Wildman–Crippen MR) is 110 cm³/mol. The molecule has 1 aliphatic rings. The van der Waals surface area contributed by atoms with Gasteiger partial charge in [-0.05, 0) is 31.4 Å². The fraction of sp³-hybridized carbons (Fsp3) is 0.545. The van der Waals surface area contributed by atoms with Crippen molar-refractivity contribution in [2.45, 2.75) is 60.1 Å². The first-order valence-corrected chi connectivity index (χ1v) is 9.92. The molecule has 3 atom stereocenters. The van der Waals surface area contributed by atoms with Crippen molar-refractivity contribution in [2.75, 3.05) is 6.54 Å². The average molecular weight is 399 g/mol. The van der Waals surface area contributed by atoms with E-state index in [1.165, 1.54) is 4.90 Å². The third-order valence-electron chi connectivity index (χ3n) is 5.71. The summed E-state index contributed by atoms with van der Waals surface area (Å²) in [5, 5.41) is 10.5. The number of ether oxygens (including phenoxy) is 1. The Morgan fingerprint density at radius 3 is 2.55 bits per heavy atom. The van der Waals surface area contributed by atoms with Gasteiger partial charge in [0.1, 0.15) is 18.0 Å². The molecular weight excluding hydrogens is 370 g/mol. The quantitative estimate of drug-likeness (QED) is 0.847. The summed E-state index contributed by atoms with van der Waals surface area (Å²) in [6, 6.07) is 4.95. The Labute approximate surface area is 171 Å². The summed E-state index contributed by atoms with van der Waals surface area (Å²) in [6.45, 7) is 11.8. The number of aryl methyl sites for hydroxylation is 2. The third-order valence-corrected chi connectivity index (χ3v) is 5.71. The van der Waals surface area contributed by atoms with Crippen molar-refractivity contribution < 1.29 is 19.4 Å². The number of amides is 1. The van der Waals surface area contributed by atoms with Crippen molar-refractivity contribution in [2.24, 2.45) is 11.3 Å². The Hall–Kier alpha value is -2.70. The number of carbonyl (C=O) groups is 2. The second kappa shape index (κ2) is 7.61. The smallest absolute Gasteiger partial charge is 0.326 e. The molecule has 1 unspecified atom stereocenters. The van der Waals surface area contributed by atoms with Crippen LogP contribution < -0.4 is 4.74 Å². The normalized spacial score (nSPS) is 20.7. The summed E-state index contributed by atoms with van der Waals surface area (Å²) in [5.74, 6) is -0.449. The molecule has 0 radical (unpaired) electrons. The molecule has 7 nitrogen and oxygen atoms in total. The Morgan fingerprint density at radius 1 is 1.24 bits per heavy atom. The van der Waals surface area contributed by atoms with Crippen LogP contribution in [0.1, 0.15) is 45.5 Å². The van der Waals surface area contributed by atoms with Crippen LogP contribution in [0, 0.1) is 25.2 Å². The van der Waals surface area contributed by atoms with Gasteiger partial charge in [0.05, 0.1) is 17.4 Å². The second-order valence-corrected chi connectivity index (χ2v) is 9.00. The van der Waals surface area contributed by atoms with E-state index in [0.717, 1.165) is 16.5 Å². The van der Waals surface area contributed by atoms with E-state index in [1.54, 1.807) is 6.92 Å². The maximum absolute atomic E-state index is 13.0. The predicted octanol–water partition coefficient (Wildman–Crippen LogP) is 3.36. The van der Waals surface area contributed by atoms with E-state index in [4.69, 9.17) is 4.74 Å². The van der Waals surface area contributed by atoms with E-state index in [9.17, 15) is 14.7 Å². The van der Waals surface area contributed by atoms with Crippen LogP contribution in [0.15, 0.2) is 18.2 Å². The number of benzene rings is 1. The molecule has 1 amide bonds. The van der Waals surface area contributed by atoms with E-state index in [2.05, 4.69) is 9.97 Å². The fourth-order valence-electron chi connectivity index (χ4n) is 3.55. The van der Waals surface area contributed by atoms with Gasteiger partial charge >= 0.3 is 5.97 Å². The first-order chi connectivity index (χ1) is 13.5. The number of hydrogen-bond acceptors (Lipinski definition) is 5. The standard InChI is InChI=1S/C22H29N3O4/c1-12-7-8-17-16(9-12)19(24-14(3)23-17)29-15-10-18(21(27)28)25(11-15)20(26)13(2)22(4,5)6/h7-9,13,15,18H,10-11H2,1-6H3,(H,27,28)/t13-,15-,18?/m1/s1. The zero-order valence-corrected chi connectivity index (χ0v) is 17.9. The molecule has 1 aliphatic heterocycles. The molecule has 0 aliphatic carbocycles. The molecule has 29 heavy (non-hydrogen) atoms. The van der Waals surface area contributed by atoms with Gasteiger partial charge in [-0.2, -0.15) is 4.98 Å². The van der Waals surface area contributed by atoms with Crippen LogP contribution in [0.25, 0.3) is 10.9 Å². The number of carboxylic acid groups (broad SMARTS) is 1. The van der Waals surface area contributed by atoms with Crippen LogP contribution in [-0.2, 0) is 9.59 Å². The van der Waals surface area contributed by atoms with Crippen LogP contribution in [-0.4, -0.2) is 50.5 Å². The maximum Gasteiger partial charge on any atom is 0.326 e. The van der Waals surface area contributed by atoms with Crippen molar-refractivity contribution in [1.82, 2.24) is 14.9 Å². The van der Waals surface area contributed by atoms with Gasteiger partial charge in [0, 0.05) is 12.3 Å². The van der Waals surface area contributed by atoms with Crippen LogP contribution in [0.2, 0.25) is 0 Å². The molecule has 1 saturated heterocycles. The van der Waals surface area contributed by atoms with Gasteiger partial charge in [0.2, 0.25) is 11.8 Å². The fourth-order valence-corrected chi connectivity index (χ4v) is 3.55. The topological polar surface area (TPSA) is 92.6 Å². The lowest BCUT2D eigenvalue weighted by atomic mass is 9.81. The van der Waals surface area contributed by atoms with Gasteiger partial charge in [-0.25, -0.2) is 9.78 Å². The molecule has 156 valence electrons. The van der Waals surface area contributed by atoms with Crippen LogP contribution in [0.4, 0.5) is 0 Å². The van der Waals surface area contributed by atoms with Gasteiger partial charge in [-0.15, -0.1) is 0 Å². The summed E-state index contributed by atoms with van der Waals surface area (Å²) in [7, 11) is 0. The van der Waals surface area contributed by atoms with Gasteiger partial charge in [0.15, 0.2) is 0 Å². The largest absolute Gasteiger partial charge is 0.480 e. The van der Waals surface area contributed by atoms with Crippen molar-refractivity contribution >= 4 is 22.8 Å². The molecule has 0 spiro atoms. The highest BCUT2D eigenvalue weighted by molar-refractivity contribution is 5.86. The van der Waals surface area contributed by atoms with E-state index in [-0.39, 0.29) is 30.2 Å². The number of carboxylic acids is 1. The molecule has 1 aromatic heterocycles. The first-order valence-electron chi connectivity index (χ1n) is 9.92. The number of nitrogens with zero attached hydrogens (tertiary/aromatic N) is 3. The van der Waals surface area contributed by atoms with Crippen LogP contribution >= 0.6 is 0 Å². The molecule has 2 aromatic rings. The van der Waals surface area contributed by atoms with E-state index in [0.29, 0.717) is 11.7 Å². The molecular formula is C22H29N3O4. The number of likely N-dealkylation sites (tertiary alicyclic amines) is 1. The SMILES string of the molecule is Cc1ccc2nc(C)nc(O[C@@H]3CC(C(=O)O)N(C(=O)[C@@H](C)C(C)(C)C)C3)c2c1. The molecule has 0 bridgehead atoms. The van der Waals surface area contributed by atoms with E-state index >= 15 is 0 Å². The molecule has 0 saturated carbocycles. The summed E-state index contributed by atoms with van der Waals surface area (Å²) in [6.07, 6.45) is -0.209. The van der Waals surface area contributed by atoms with Crippen molar-refractivity contribution in [1.29, 1.82) is 0 Å². The minimum atomic E-state index is -1.01. The summed E-state index contributed by atoms with van der Waals surface area (Å²) >= 11 is 0.